The third-order valence-corrected chi connectivity index (χ3v) is 7.98. The molecule has 1 fully saturated rings. The van der Waals surface area contributed by atoms with Gasteiger partial charge in [0.25, 0.3) is 5.91 Å². The number of fused-ring (bicyclic) bond motifs is 3. The molecule has 0 bridgehead atoms. The molecule has 31 heavy (non-hydrogen) atoms. The number of thioether (sulfide) groups is 1. The van der Waals surface area contributed by atoms with Crippen molar-refractivity contribution in [3.63, 3.8) is 0 Å². The zero-order chi connectivity index (χ0) is 21.2. The number of hydrogen-bond donors (Lipinski definition) is 2. The average molecular weight is 494 g/mol. The molecule has 8 heteroatoms. The zero-order valence-corrected chi connectivity index (χ0v) is 18.4. The highest BCUT2D eigenvalue weighted by atomic mass is 79.9. The molecular formula is C23H16BrN3O3S. The summed E-state index contributed by atoms with van der Waals surface area (Å²) in [5.74, 6) is 0.694. The van der Waals surface area contributed by atoms with Crippen molar-refractivity contribution in [2.75, 3.05) is 10.2 Å². The number of hydrogen-bond acceptors (Lipinski definition) is 6. The lowest BCUT2D eigenvalue weighted by atomic mass is 10.0. The summed E-state index contributed by atoms with van der Waals surface area (Å²) in [7, 11) is 0. The third-order valence-electron chi connectivity index (χ3n) is 5.81. The Morgan fingerprint density at radius 1 is 1.06 bits per heavy atom. The van der Waals surface area contributed by atoms with Gasteiger partial charge in [0.15, 0.2) is 11.9 Å². The normalized spacial score (nSPS) is 25.8. The van der Waals surface area contributed by atoms with Crippen LogP contribution in [0.25, 0.3) is 0 Å². The van der Waals surface area contributed by atoms with Crippen LogP contribution in [0, 0.1) is 0 Å². The van der Waals surface area contributed by atoms with Crippen LogP contribution in [-0.2, 0) is 14.5 Å². The Hall–Kier alpha value is -2.97. The number of anilines is 2. The van der Waals surface area contributed by atoms with E-state index in [4.69, 9.17) is 4.84 Å². The highest BCUT2D eigenvalue weighted by Crippen LogP contribution is 2.60. The van der Waals surface area contributed by atoms with Gasteiger partial charge in [0.05, 0.1) is 0 Å². The fraction of sp³-hybridized carbons (Fsp3) is 0.130. The van der Waals surface area contributed by atoms with Crippen LogP contribution in [0.3, 0.4) is 0 Å². The van der Waals surface area contributed by atoms with Gasteiger partial charge in [-0.3, -0.25) is 9.69 Å². The molecule has 154 valence electrons. The van der Waals surface area contributed by atoms with Gasteiger partial charge in [-0.05, 0) is 36.4 Å². The van der Waals surface area contributed by atoms with Crippen molar-refractivity contribution in [1.29, 1.82) is 0 Å². The van der Waals surface area contributed by atoms with Gasteiger partial charge in [-0.2, -0.15) is 0 Å². The predicted molar refractivity (Wildman–Crippen MR) is 124 cm³/mol. The van der Waals surface area contributed by atoms with Crippen LogP contribution in [0.15, 0.2) is 82.4 Å². The van der Waals surface area contributed by atoms with E-state index in [2.05, 4.69) is 26.4 Å². The standard InChI is InChI=1S/C23H16BrN3O3S/c24-13-9-11-14(12-10-13)27-21-20(19(30-26-21)15-5-1-4-8-18(15)28)31-23(27)16-6-2-3-7-17(16)25-22(23)29/h1-12,19-20,28H,(H,25,29). The maximum absolute atomic E-state index is 13.5. The second-order valence-corrected chi connectivity index (χ2v) is 9.78. The number of nitrogens with one attached hydrogen (secondary N) is 1. The molecule has 3 aliphatic rings. The first-order chi connectivity index (χ1) is 15.1. The number of carbonyl (C=O) groups excluding carboxylic acids is 1. The number of amidine groups is 1. The molecule has 0 radical (unpaired) electrons. The van der Waals surface area contributed by atoms with E-state index in [1.807, 2.05) is 65.6 Å². The SMILES string of the molecule is O=C1Nc2ccccc2C12SC1C(=NOC1c1ccccc1O)N2c1ccc(Br)cc1. The van der Waals surface area contributed by atoms with E-state index >= 15 is 0 Å². The van der Waals surface area contributed by atoms with Crippen molar-refractivity contribution in [1.82, 2.24) is 0 Å². The number of oxime groups is 1. The Balaban J connectivity index is 1.54. The summed E-state index contributed by atoms with van der Waals surface area (Å²) >= 11 is 4.98. The second kappa shape index (κ2) is 6.77. The second-order valence-electron chi connectivity index (χ2n) is 7.53. The van der Waals surface area contributed by atoms with E-state index in [1.165, 1.54) is 11.8 Å². The van der Waals surface area contributed by atoms with Crippen LogP contribution in [0.2, 0.25) is 0 Å². The van der Waals surface area contributed by atoms with Gasteiger partial charge >= 0.3 is 0 Å². The average Bonchev–Trinajstić information content (AvgIpc) is 3.41. The van der Waals surface area contributed by atoms with Gasteiger partial charge in [-0.1, -0.05) is 57.5 Å². The zero-order valence-electron chi connectivity index (χ0n) is 16.0. The molecule has 0 aliphatic carbocycles. The van der Waals surface area contributed by atoms with Gasteiger partial charge < -0.3 is 15.3 Å². The van der Waals surface area contributed by atoms with Gasteiger partial charge in [0, 0.05) is 27.0 Å². The summed E-state index contributed by atoms with van der Waals surface area (Å²) in [5, 5.41) is 17.6. The topological polar surface area (TPSA) is 74.2 Å². The van der Waals surface area contributed by atoms with Crippen molar-refractivity contribution in [2.45, 2.75) is 16.2 Å². The fourth-order valence-corrected chi connectivity index (χ4v) is 6.41. The smallest absolute Gasteiger partial charge is 0.266 e. The van der Waals surface area contributed by atoms with Gasteiger partial charge in [0.2, 0.25) is 4.87 Å². The monoisotopic (exact) mass is 493 g/mol. The van der Waals surface area contributed by atoms with Crippen molar-refractivity contribution in [3.8, 4) is 5.75 Å². The lowest BCUT2D eigenvalue weighted by Gasteiger charge is -2.33. The van der Waals surface area contributed by atoms with E-state index in [0.29, 0.717) is 11.4 Å². The van der Waals surface area contributed by atoms with Crippen LogP contribution in [0.5, 0.6) is 5.75 Å². The molecule has 3 heterocycles. The minimum Gasteiger partial charge on any atom is -0.508 e. The number of para-hydroxylation sites is 2. The molecule has 1 spiro atoms. The van der Waals surface area contributed by atoms with E-state index in [-0.39, 0.29) is 16.9 Å². The summed E-state index contributed by atoms with van der Waals surface area (Å²) in [6, 6.07) is 22.6. The number of aromatic hydroxyl groups is 1. The van der Waals surface area contributed by atoms with Gasteiger partial charge in [0.1, 0.15) is 11.0 Å². The Bertz CT molecular complexity index is 1250. The Kier molecular flexibility index (Phi) is 4.10. The van der Waals surface area contributed by atoms with Crippen molar-refractivity contribution >= 4 is 50.8 Å². The maximum Gasteiger partial charge on any atom is 0.266 e. The van der Waals surface area contributed by atoms with Crippen LogP contribution in [0.4, 0.5) is 11.4 Å². The van der Waals surface area contributed by atoms with E-state index < -0.39 is 11.0 Å². The number of nitrogens with zero attached hydrogens (tertiary/aromatic N) is 2. The molecule has 3 aromatic rings. The summed E-state index contributed by atoms with van der Waals surface area (Å²) in [6.07, 6.45) is -0.501. The highest BCUT2D eigenvalue weighted by molar-refractivity contribution is 9.10. The highest BCUT2D eigenvalue weighted by Gasteiger charge is 2.64. The number of carbonyl (C=O) groups is 1. The van der Waals surface area contributed by atoms with Crippen LogP contribution in [-0.4, -0.2) is 22.1 Å². The minimum atomic E-state index is -1.01. The maximum atomic E-state index is 13.5. The first kappa shape index (κ1) is 18.8. The number of halogens is 1. The molecule has 3 aliphatic heterocycles. The van der Waals surface area contributed by atoms with Crippen molar-refractivity contribution in [2.24, 2.45) is 5.16 Å². The molecule has 0 aromatic heterocycles. The largest absolute Gasteiger partial charge is 0.508 e. The van der Waals surface area contributed by atoms with Crippen molar-refractivity contribution < 1.29 is 14.7 Å². The lowest BCUT2D eigenvalue weighted by Crippen LogP contribution is -2.47. The number of amides is 1. The first-order valence-corrected chi connectivity index (χ1v) is 11.4. The first-order valence-electron chi connectivity index (χ1n) is 9.76. The van der Waals surface area contributed by atoms with Crippen LogP contribution in [0.1, 0.15) is 17.2 Å². The molecule has 3 aromatic carbocycles. The number of benzene rings is 3. The summed E-state index contributed by atoms with van der Waals surface area (Å²) in [5.41, 5.74) is 3.17. The van der Waals surface area contributed by atoms with Crippen molar-refractivity contribution in [3.05, 3.63) is 88.4 Å². The van der Waals surface area contributed by atoms with Crippen LogP contribution >= 0.6 is 27.7 Å². The van der Waals surface area contributed by atoms with E-state index in [0.717, 1.165) is 21.4 Å². The number of phenols is 1. The minimum absolute atomic E-state index is 0.116. The molecular weight excluding hydrogens is 478 g/mol. The number of rotatable bonds is 2. The molecule has 3 atom stereocenters. The third kappa shape index (κ3) is 2.58. The quantitative estimate of drug-likeness (QED) is 0.527. The molecule has 2 N–H and O–H groups in total. The van der Waals surface area contributed by atoms with E-state index in [9.17, 15) is 9.90 Å². The molecule has 3 unspecified atom stereocenters. The molecule has 6 rings (SSSR count). The molecule has 0 saturated carbocycles. The Labute approximate surface area is 191 Å². The summed E-state index contributed by atoms with van der Waals surface area (Å²) in [6.45, 7) is 0. The Morgan fingerprint density at radius 2 is 1.81 bits per heavy atom. The molecule has 1 amide bonds. The summed E-state index contributed by atoms with van der Waals surface area (Å²) in [4.78, 5) is 20.3. The van der Waals surface area contributed by atoms with Gasteiger partial charge in [-0.15, -0.1) is 11.8 Å². The van der Waals surface area contributed by atoms with E-state index in [1.54, 1.807) is 12.1 Å². The Morgan fingerprint density at radius 3 is 2.61 bits per heavy atom. The van der Waals surface area contributed by atoms with Crippen LogP contribution < -0.4 is 10.2 Å². The summed E-state index contributed by atoms with van der Waals surface area (Å²) < 4.78 is 0.946. The fourth-order valence-electron chi connectivity index (χ4n) is 4.44. The molecule has 6 nitrogen and oxygen atoms in total. The number of phenolic OH excluding ortho intramolecular Hbond substituents is 1. The predicted octanol–water partition coefficient (Wildman–Crippen LogP) is 4.97. The lowest BCUT2D eigenvalue weighted by molar-refractivity contribution is -0.117. The molecule has 1 saturated heterocycles. The van der Waals surface area contributed by atoms with Gasteiger partial charge in [-0.25, -0.2) is 0 Å².